The van der Waals surface area contributed by atoms with Crippen molar-refractivity contribution in [2.75, 3.05) is 5.75 Å². The molecule has 0 radical (unpaired) electrons. The molecule has 0 aromatic heterocycles. The maximum atomic E-state index is 12.3. The normalized spacial score (nSPS) is 23.5. The molecule has 1 fully saturated rings. The first-order valence-corrected chi connectivity index (χ1v) is 9.68. The number of hydrogen-bond acceptors (Lipinski definition) is 2. The van der Waals surface area contributed by atoms with Crippen LogP contribution in [-0.2, 0) is 9.84 Å². The lowest BCUT2D eigenvalue weighted by Gasteiger charge is -2.22. The third-order valence-corrected chi connectivity index (χ3v) is 7.86. The van der Waals surface area contributed by atoms with Crippen molar-refractivity contribution < 1.29 is 8.42 Å². The molecule has 1 aromatic carbocycles. The molecule has 2 atom stereocenters. The zero-order valence-electron chi connectivity index (χ0n) is 12.7. The van der Waals surface area contributed by atoms with E-state index in [1.165, 1.54) is 5.56 Å². The molecule has 0 amide bonds. The number of hydrogen-bond donors (Lipinski definition) is 0. The summed E-state index contributed by atoms with van der Waals surface area (Å²) in [6.45, 7) is 5.31. The molecule has 1 saturated carbocycles. The lowest BCUT2D eigenvalue weighted by atomic mass is 9.97. The first kappa shape index (κ1) is 17.1. The van der Waals surface area contributed by atoms with Crippen molar-refractivity contribution in [1.29, 1.82) is 0 Å². The van der Waals surface area contributed by atoms with Crippen LogP contribution in [0.3, 0.4) is 0 Å². The van der Waals surface area contributed by atoms with Gasteiger partial charge in [-0.2, -0.15) is 0 Å². The Morgan fingerprint density at radius 2 is 1.81 bits per heavy atom. The molecule has 0 spiro atoms. The maximum absolute atomic E-state index is 12.3. The molecule has 0 aliphatic heterocycles. The van der Waals surface area contributed by atoms with E-state index in [0.29, 0.717) is 16.0 Å². The number of halogens is 2. The highest BCUT2D eigenvalue weighted by molar-refractivity contribution is 7.92. The van der Waals surface area contributed by atoms with E-state index in [1.807, 2.05) is 18.2 Å². The molecule has 0 unspecified atom stereocenters. The SMILES string of the molecule is CC(C)(C)S(=O)(=O)C[C@H]1CC[C@H](c2ccc(Cl)c(Cl)c2)C1. The molecule has 21 heavy (non-hydrogen) atoms. The minimum absolute atomic E-state index is 0.244. The third kappa shape index (κ3) is 3.94. The molecular weight excluding hydrogens is 327 g/mol. The van der Waals surface area contributed by atoms with Crippen LogP contribution in [0.4, 0.5) is 0 Å². The molecule has 1 aliphatic rings. The van der Waals surface area contributed by atoms with Crippen LogP contribution < -0.4 is 0 Å². The van der Waals surface area contributed by atoms with Crippen LogP contribution >= 0.6 is 23.2 Å². The van der Waals surface area contributed by atoms with E-state index >= 15 is 0 Å². The van der Waals surface area contributed by atoms with Gasteiger partial charge in [-0.15, -0.1) is 0 Å². The van der Waals surface area contributed by atoms with E-state index in [2.05, 4.69) is 0 Å². The highest BCUT2D eigenvalue weighted by Crippen LogP contribution is 2.41. The van der Waals surface area contributed by atoms with Crippen LogP contribution in [0.15, 0.2) is 18.2 Å². The summed E-state index contributed by atoms with van der Waals surface area (Å²) < 4.78 is 24.0. The Morgan fingerprint density at radius 3 is 2.38 bits per heavy atom. The van der Waals surface area contributed by atoms with Gasteiger partial charge in [-0.25, -0.2) is 8.42 Å². The van der Waals surface area contributed by atoms with Crippen molar-refractivity contribution in [1.82, 2.24) is 0 Å². The van der Waals surface area contributed by atoms with Crippen molar-refractivity contribution in [3.05, 3.63) is 33.8 Å². The molecule has 0 bridgehead atoms. The summed E-state index contributed by atoms with van der Waals surface area (Å²) in [6.07, 6.45) is 2.88. The van der Waals surface area contributed by atoms with Gasteiger partial charge in [0.2, 0.25) is 0 Å². The van der Waals surface area contributed by atoms with Crippen LogP contribution in [0.25, 0.3) is 0 Å². The van der Waals surface area contributed by atoms with E-state index in [0.717, 1.165) is 19.3 Å². The van der Waals surface area contributed by atoms with Gasteiger partial charge in [0.05, 0.1) is 20.5 Å². The fourth-order valence-corrected chi connectivity index (χ4v) is 4.59. The fourth-order valence-electron chi connectivity index (χ4n) is 2.86. The molecule has 0 saturated heterocycles. The molecule has 2 rings (SSSR count). The van der Waals surface area contributed by atoms with E-state index in [4.69, 9.17) is 23.2 Å². The average Bonchev–Trinajstić information content (AvgIpc) is 2.79. The minimum atomic E-state index is -3.05. The predicted molar refractivity (Wildman–Crippen MR) is 90.1 cm³/mol. The van der Waals surface area contributed by atoms with Crippen molar-refractivity contribution in [3.63, 3.8) is 0 Å². The van der Waals surface area contributed by atoms with Gasteiger partial charge in [-0.1, -0.05) is 29.3 Å². The van der Waals surface area contributed by atoms with Gasteiger partial charge in [0, 0.05) is 0 Å². The smallest absolute Gasteiger partial charge is 0.155 e. The zero-order chi connectivity index (χ0) is 15.8. The van der Waals surface area contributed by atoms with Gasteiger partial charge in [0.1, 0.15) is 0 Å². The lowest BCUT2D eigenvalue weighted by Crippen LogP contribution is -2.32. The summed E-state index contributed by atoms with van der Waals surface area (Å²) in [4.78, 5) is 0. The van der Waals surface area contributed by atoms with Crippen LogP contribution in [0.5, 0.6) is 0 Å². The summed E-state index contributed by atoms with van der Waals surface area (Å²) in [6, 6.07) is 5.73. The van der Waals surface area contributed by atoms with Crippen LogP contribution in [0.1, 0.15) is 51.5 Å². The minimum Gasteiger partial charge on any atom is -0.228 e. The lowest BCUT2D eigenvalue weighted by molar-refractivity contribution is 0.528. The van der Waals surface area contributed by atoms with Crippen LogP contribution in [-0.4, -0.2) is 18.9 Å². The van der Waals surface area contributed by atoms with Crippen molar-refractivity contribution in [2.24, 2.45) is 5.92 Å². The van der Waals surface area contributed by atoms with Gasteiger partial charge in [-0.05, 0) is 69.6 Å². The standard InChI is InChI=1S/C16H22Cl2O2S/c1-16(2,3)21(19,20)10-11-4-5-12(8-11)13-6-7-14(17)15(18)9-13/h6-7,9,11-12H,4-5,8,10H2,1-3H3/t11-,12-/m0/s1. The molecule has 2 nitrogen and oxygen atoms in total. The van der Waals surface area contributed by atoms with Crippen LogP contribution in [0, 0.1) is 5.92 Å². The Balaban J connectivity index is 2.06. The Morgan fingerprint density at radius 1 is 1.14 bits per heavy atom. The first-order valence-electron chi connectivity index (χ1n) is 7.27. The molecule has 5 heteroatoms. The van der Waals surface area contributed by atoms with Gasteiger partial charge < -0.3 is 0 Å². The second-order valence-electron chi connectivity index (χ2n) is 6.94. The summed E-state index contributed by atoms with van der Waals surface area (Å²) in [5.41, 5.74) is 1.17. The third-order valence-electron chi connectivity index (χ3n) is 4.34. The quantitative estimate of drug-likeness (QED) is 0.762. The van der Waals surface area contributed by atoms with E-state index in [-0.39, 0.29) is 11.7 Å². The number of sulfone groups is 1. The fraction of sp³-hybridized carbons (Fsp3) is 0.625. The summed E-state index contributed by atoms with van der Waals surface area (Å²) in [7, 11) is -3.05. The molecule has 118 valence electrons. The highest BCUT2D eigenvalue weighted by atomic mass is 35.5. The van der Waals surface area contributed by atoms with Gasteiger partial charge in [0.25, 0.3) is 0 Å². The molecule has 0 heterocycles. The monoisotopic (exact) mass is 348 g/mol. The molecule has 1 aliphatic carbocycles. The zero-order valence-corrected chi connectivity index (χ0v) is 15.0. The summed E-state index contributed by atoms with van der Waals surface area (Å²) in [5, 5.41) is 1.13. The Labute approximate surface area is 137 Å². The topological polar surface area (TPSA) is 34.1 Å². The van der Waals surface area contributed by atoms with E-state index in [1.54, 1.807) is 20.8 Å². The highest BCUT2D eigenvalue weighted by Gasteiger charge is 2.35. The molecular formula is C16H22Cl2O2S. The Bertz CT molecular complexity index is 618. The van der Waals surface area contributed by atoms with Gasteiger partial charge in [-0.3, -0.25) is 0 Å². The number of rotatable bonds is 3. The predicted octanol–water partition coefficient (Wildman–Crippen LogP) is 5.09. The largest absolute Gasteiger partial charge is 0.228 e. The summed E-state index contributed by atoms with van der Waals surface area (Å²) in [5.74, 6) is 0.919. The maximum Gasteiger partial charge on any atom is 0.155 e. The Kier molecular flexibility index (Phi) is 4.97. The summed E-state index contributed by atoms with van der Waals surface area (Å²) >= 11 is 12.0. The second kappa shape index (κ2) is 6.10. The molecule has 1 aromatic rings. The van der Waals surface area contributed by atoms with Crippen molar-refractivity contribution in [3.8, 4) is 0 Å². The van der Waals surface area contributed by atoms with Crippen LogP contribution in [0.2, 0.25) is 10.0 Å². The van der Waals surface area contributed by atoms with E-state index < -0.39 is 14.6 Å². The van der Waals surface area contributed by atoms with Gasteiger partial charge in [0.15, 0.2) is 9.84 Å². The second-order valence-corrected chi connectivity index (χ2v) is 10.5. The Hall–Kier alpha value is -0.250. The van der Waals surface area contributed by atoms with E-state index in [9.17, 15) is 8.42 Å². The first-order chi connectivity index (χ1) is 9.60. The number of benzene rings is 1. The van der Waals surface area contributed by atoms with Gasteiger partial charge >= 0.3 is 0 Å². The molecule has 0 N–H and O–H groups in total. The van der Waals surface area contributed by atoms with Crippen molar-refractivity contribution in [2.45, 2.75) is 50.7 Å². The average molecular weight is 349 g/mol. The van der Waals surface area contributed by atoms with Crippen molar-refractivity contribution >= 4 is 33.0 Å².